The van der Waals surface area contributed by atoms with E-state index in [0.29, 0.717) is 0 Å². The van der Waals surface area contributed by atoms with Crippen LogP contribution >= 0.6 is 0 Å². The van der Waals surface area contributed by atoms with E-state index < -0.39 is 5.76 Å². The zero-order valence-corrected chi connectivity index (χ0v) is 7.38. The molecular weight excluding hydrogens is 154 g/mol. The molecule has 0 aromatic heterocycles. The molecule has 0 spiro atoms. The Morgan fingerprint density at radius 3 is 2.25 bits per heavy atom. The van der Waals surface area contributed by atoms with Gasteiger partial charge in [-0.15, -0.1) is 0 Å². The molecule has 0 aliphatic heterocycles. The lowest BCUT2D eigenvalue weighted by molar-refractivity contribution is 0.422. The number of rotatable bonds is 1. The number of hydrogen-bond acceptors (Lipinski definition) is 3. The van der Waals surface area contributed by atoms with Crippen molar-refractivity contribution in [3.63, 3.8) is 0 Å². The highest BCUT2D eigenvalue weighted by molar-refractivity contribution is 5.60. The first-order valence-electron chi connectivity index (χ1n) is 3.48. The highest BCUT2D eigenvalue weighted by Gasteiger charge is 2.11. The van der Waals surface area contributed by atoms with Gasteiger partial charge in [0.1, 0.15) is 11.6 Å². The second-order valence-corrected chi connectivity index (χ2v) is 3.49. The molecule has 0 aliphatic rings. The normalized spacial score (nSPS) is 11.7. The topological polar surface area (TPSA) is 61.1 Å². The van der Waals surface area contributed by atoms with Crippen LogP contribution in [0.15, 0.2) is 17.4 Å². The van der Waals surface area contributed by atoms with E-state index in [1.54, 1.807) is 6.07 Å². The molecule has 0 rings (SSSR count). The molecule has 0 atom stereocenters. The van der Waals surface area contributed by atoms with E-state index in [0.717, 1.165) is 0 Å². The zero-order chi connectivity index (χ0) is 9.78. The van der Waals surface area contributed by atoms with Crippen molar-refractivity contribution in [3.05, 3.63) is 17.4 Å². The molecular formula is C9H11NO2. The Labute approximate surface area is 71.6 Å². The lowest BCUT2D eigenvalue weighted by atomic mass is 9.93. The summed E-state index contributed by atoms with van der Waals surface area (Å²) in [6, 6.07) is 1.72. The highest BCUT2D eigenvalue weighted by atomic mass is 16.3. The molecule has 0 aliphatic carbocycles. The van der Waals surface area contributed by atoms with Gasteiger partial charge < -0.3 is 5.11 Å². The van der Waals surface area contributed by atoms with E-state index in [-0.39, 0.29) is 11.0 Å². The van der Waals surface area contributed by atoms with Gasteiger partial charge in [0.25, 0.3) is 0 Å². The molecule has 0 radical (unpaired) electrons. The van der Waals surface area contributed by atoms with E-state index >= 15 is 0 Å². The van der Waals surface area contributed by atoms with Crippen molar-refractivity contribution < 1.29 is 9.90 Å². The van der Waals surface area contributed by atoms with E-state index in [4.69, 9.17) is 10.4 Å². The fourth-order valence-corrected chi connectivity index (χ4v) is 0.642. The van der Waals surface area contributed by atoms with Gasteiger partial charge in [0.05, 0.1) is 0 Å². The number of nitrogens with zero attached hydrogens (tertiary/aromatic N) is 1. The summed E-state index contributed by atoms with van der Waals surface area (Å²) in [7, 11) is 0. The Morgan fingerprint density at radius 1 is 1.50 bits per heavy atom. The molecule has 0 bridgehead atoms. The van der Waals surface area contributed by atoms with Crippen LogP contribution in [-0.4, -0.2) is 11.0 Å². The van der Waals surface area contributed by atoms with Crippen LogP contribution in [0.25, 0.3) is 0 Å². The van der Waals surface area contributed by atoms with E-state index in [1.165, 1.54) is 12.0 Å². The van der Waals surface area contributed by atoms with Crippen molar-refractivity contribution in [1.82, 2.24) is 0 Å². The van der Waals surface area contributed by atoms with Gasteiger partial charge in [0.2, 0.25) is 5.76 Å². The van der Waals surface area contributed by atoms with Crippen molar-refractivity contribution in [2.45, 2.75) is 20.8 Å². The predicted molar refractivity (Wildman–Crippen MR) is 45.0 cm³/mol. The average Bonchev–Trinajstić information content (AvgIpc) is 1.97. The molecule has 0 amide bonds. The number of aliphatic hydroxyl groups excluding tert-OH is 1. The summed E-state index contributed by atoms with van der Waals surface area (Å²) in [6.07, 6.45) is 1.52. The standard InChI is InChI=1S/C9H11NO2/c1-9(2,3)4-7(5-10)8(12)6-11/h4,12H,1-3H3/b7-4+. The molecule has 3 heteroatoms. The molecule has 1 N–H and O–H groups in total. The van der Waals surface area contributed by atoms with Crippen LogP contribution in [0.4, 0.5) is 0 Å². The van der Waals surface area contributed by atoms with Crippen LogP contribution in [0, 0.1) is 16.7 Å². The number of carbonyl (C=O) groups excluding carboxylic acids is 1. The van der Waals surface area contributed by atoms with Crippen LogP contribution in [0.3, 0.4) is 0 Å². The summed E-state index contributed by atoms with van der Waals surface area (Å²) in [6.45, 7) is 5.59. The second kappa shape index (κ2) is 3.75. The molecule has 3 nitrogen and oxygen atoms in total. The van der Waals surface area contributed by atoms with Crippen LogP contribution < -0.4 is 0 Å². The fraction of sp³-hybridized carbons (Fsp3) is 0.444. The SMILES string of the molecule is CC(C)(C)/C=C(\C#N)C(O)=C=O. The second-order valence-electron chi connectivity index (χ2n) is 3.49. The smallest absolute Gasteiger partial charge is 0.219 e. The van der Waals surface area contributed by atoms with Crippen LogP contribution in [0.5, 0.6) is 0 Å². The van der Waals surface area contributed by atoms with Gasteiger partial charge in [-0.25, -0.2) is 4.79 Å². The first kappa shape index (κ1) is 10.5. The largest absolute Gasteiger partial charge is 0.498 e. The van der Waals surface area contributed by atoms with Crippen molar-refractivity contribution in [2.24, 2.45) is 5.41 Å². The number of aliphatic hydroxyl groups is 1. The zero-order valence-electron chi connectivity index (χ0n) is 7.38. The third kappa shape index (κ3) is 3.60. The van der Waals surface area contributed by atoms with Gasteiger partial charge >= 0.3 is 0 Å². The van der Waals surface area contributed by atoms with Gasteiger partial charge in [0.15, 0.2) is 5.94 Å². The van der Waals surface area contributed by atoms with Crippen LogP contribution in [0.1, 0.15) is 20.8 Å². The number of hydrogen-bond donors (Lipinski definition) is 1. The van der Waals surface area contributed by atoms with Crippen LogP contribution in [0.2, 0.25) is 0 Å². The average molecular weight is 165 g/mol. The van der Waals surface area contributed by atoms with Gasteiger partial charge in [-0.1, -0.05) is 26.8 Å². The van der Waals surface area contributed by atoms with Crippen molar-refractivity contribution in [1.29, 1.82) is 5.26 Å². The van der Waals surface area contributed by atoms with Crippen LogP contribution in [-0.2, 0) is 4.79 Å². The number of allylic oxidation sites excluding steroid dienone is 2. The third-order valence-corrected chi connectivity index (χ3v) is 1.05. The minimum Gasteiger partial charge on any atom is -0.498 e. The maximum atomic E-state index is 9.99. The molecule has 0 heterocycles. The lowest BCUT2D eigenvalue weighted by Crippen LogP contribution is -2.02. The Morgan fingerprint density at radius 2 is 2.00 bits per heavy atom. The van der Waals surface area contributed by atoms with E-state index in [2.05, 4.69) is 0 Å². The molecule has 0 aromatic rings. The van der Waals surface area contributed by atoms with Gasteiger partial charge in [-0.2, -0.15) is 5.26 Å². The highest BCUT2D eigenvalue weighted by Crippen LogP contribution is 2.19. The Hall–Kier alpha value is -1.52. The quantitative estimate of drug-likeness (QED) is 0.278. The summed E-state index contributed by atoms with van der Waals surface area (Å²) >= 11 is 0. The molecule has 0 saturated heterocycles. The van der Waals surface area contributed by atoms with Gasteiger partial charge in [-0.3, -0.25) is 0 Å². The first-order valence-corrected chi connectivity index (χ1v) is 3.48. The van der Waals surface area contributed by atoms with E-state index in [9.17, 15) is 4.79 Å². The molecule has 0 unspecified atom stereocenters. The predicted octanol–water partition coefficient (Wildman–Crippen LogP) is 1.76. The molecule has 0 aromatic carbocycles. The maximum absolute atomic E-state index is 9.99. The maximum Gasteiger partial charge on any atom is 0.219 e. The minimum absolute atomic E-state index is 0.0301. The van der Waals surface area contributed by atoms with Gasteiger partial charge in [0, 0.05) is 0 Å². The lowest BCUT2D eigenvalue weighted by Gasteiger charge is -2.11. The number of nitriles is 1. The minimum atomic E-state index is -0.632. The van der Waals surface area contributed by atoms with Crippen molar-refractivity contribution >= 4 is 5.94 Å². The Bertz CT molecular complexity index is 283. The molecule has 64 valence electrons. The summed E-state index contributed by atoms with van der Waals surface area (Å²) < 4.78 is 0. The first-order chi connectivity index (χ1) is 5.40. The molecule has 12 heavy (non-hydrogen) atoms. The monoisotopic (exact) mass is 165 g/mol. The van der Waals surface area contributed by atoms with E-state index in [1.807, 2.05) is 20.8 Å². The Balaban J connectivity index is 4.97. The summed E-state index contributed by atoms with van der Waals surface area (Å²) in [5.74, 6) is 0.638. The molecule has 0 saturated carbocycles. The third-order valence-electron chi connectivity index (χ3n) is 1.05. The van der Waals surface area contributed by atoms with Crippen molar-refractivity contribution in [3.8, 4) is 6.07 Å². The molecule has 0 fully saturated rings. The summed E-state index contributed by atoms with van der Waals surface area (Å²) in [5.41, 5.74) is -0.270. The van der Waals surface area contributed by atoms with Gasteiger partial charge in [-0.05, 0) is 5.41 Å². The Kier molecular flexibility index (Phi) is 3.28. The fourth-order valence-electron chi connectivity index (χ4n) is 0.642. The summed E-state index contributed by atoms with van der Waals surface area (Å²) in [4.78, 5) is 9.99. The van der Waals surface area contributed by atoms with Crippen molar-refractivity contribution in [2.75, 3.05) is 0 Å². The summed E-state index contributed by atoms with van der Waals surface area (Å²) in [5, 5.41) is 17.4.